The third-order valence-electron chi connectivity index (χ3n) is 1.89. The monoisotopic (exact) mass is 206 g/mol. The molecule has 0 unspecified atom stereocenters. The van der Waals surface area contributed by atoms with Gasteiger partial charge in [0.05, 0.1) is 0 Å². The zero-order valence-electron chi connectivity index (χ0n) is 7.39. The zero-order chi connectivity index (χ0) is 9.97. The van der Waals surface area contributed by atoms with E-state index in [9.17, 15) is 5.11 Å². The Morgan fingerprint density at radius 1 is 1.14 bits per heavy atom. The van der Waals surface area contributed by atoms with Gasteiger partial charge >= 0.3 is 0 Å². The number of aromatic hydroxyl groups is 1. The van der Waals surface area contributed by atoms with Gasteiger partial charge in [-0.3, -0.25) is 0 Å². The summed E-state index contributed by atoms with van der Waals surface area (Å²) in [6.07, 6.45) is 3.48. The predicted octanol–water partition coefficient (Wildman–Crippen LogP) is 2.32. The fraction of sp³-hybridized carbons (Fsp3) is 0. The maximum absolute atomic E-state index is 9.29. The van der Waals surface area contributed by atoms with E-state index in [4.69, 9.17) is 11.6 Å². The molecule has 0 atom stereocenters. The van der Waals surface area contributed by atoms with Crippen LogP contribution in [0.5, 0.6) is 5.75 Å². The second-order valence-corrected chi connectivity index (χ2v) is 3.39. The van der Waals surface area contributed by atoms with Crippen molar-refractivity contribution in [3.8, 4) is 11.4 Å². The number of aromatic nitrogens is 1. The van der Waals surface area contributed by atoms with Crippen molar-refractivity contribution in [3.63, 3.8) is 0 Å². The van der Waals surface area contributed by atoms with E-state index in [1.807, 2.05) is 30.5 Å². The first kappa shape index (κ1) is 9.03. The van der Waals surface area contributed by atoms with Gasteiger partial charge in [-0.2, -0.15) is 4.57 Å². The summed E-state index contributed by atoms with van der Waals surface area (Å²) in [4.78, 5) is 0. The molecule has 0 amide bonds. The van der Waals surface area contributed by atoms with Crippen molar-refractivity contribution in [2.75, 3.05) is 0 Å². The molecule has 1 aromatic heterocycles. The van der Waals surface area contributed by atoms with Crippen LogP contribution >= 0.6 is 11.6 Å². The minimum Gasteiger partial charge on any atom is -0.503 e. The summed E-state index contributed by atoms with van der Waals surface area (Å²) in [5, 5.41) is 9.97. The molecule has 2 aromatic rings. The minimum atomic E-state index is 0.229. The molecule has 2 nitrogen and oxygen atoms in total. The van der Waals surface area contributed by atoms with E-state index in [-0.39, 0.29) is 5.75 Å². The molecule has 0 saturated carbocycles. The average molecular weight is 207 g/mol. The van der Waals surface area contributed by atoms with E-state index in [0.717, 1.165) is 5.69 Å². The Hall–Kier alpha value is -1.54. The van der Waals surface area contributed by atoms with Gasteiger partial charge in [0.15, 0.2) is 11.9 Å². The van der Waals surface area contributed by atoms with Crippen LogP contribution in [0.15, 0.2) is 48.8 Å². The van der Waals surface area contributed by atoms with Gasteiger partial charge in [-0.25, -0.2) is 0 Å². The van der Waals surface area contributed by atoms with Crippen molar-refractivity contribution in [1.29, 1.82) is 0 Å². The van der Waals surface area contributed by atoms with Crippen LogP contribution in [0.3, 0.4) is 0 Å². The number of nitrogens with zero attached hydrogens (tertiary/aromatic N) is 1. The molecule has 0 aliphatic rings. The number of halogens is 1. The molecule has 70 valence electrons. The van der Waals surface area contributed by atoms with Gasteiger partial charge in [-0.05, 0) is 12.1 Å². The highest BCUT2D eigenvalue weighted by molar-refractivity contribution is 6.30. The molecule has 0 bridgehead atoms. The number of hydrogen-bond donors (Lipinski definition) is 1. The smallest absolute Gasteiger partial charge is 0.216 e. The molecule has 1 aromatic carbocycles. The summed E-state index contributed by atoms with van der Waals surface area (Å²) in [6, 6.07) is 10.8. The van der Waals surface area contributed by atoms with E-state index in [1.54, 1.807) is 22.9 Å². The van der Waals surface area contributed by atoms with Crippen molar-refractivity contribution < 1.29 is 9.67 Å². The second kappa shape index (κ2) is 3.68. The van der Waals surface area contributed by atoms with Crippen LogP contribution in [-0.2, 0) is 0 Å². The molecule has 3 heteroatoms. The number of rotatable bonds is 1. The summed E-state index contributed by atoms with van der Waals surface area (Å²) in [6.45, 7) is 0. The van der Waals surface area contributed by atoms with Gasteiger partial charge in [0.2, 0.25) is 11.9 Å². The molecule has 0 saturated heterocycles. The van der Waals surface area contributed by atoms with E-state index in [1.165, 1.54) is 0 Å². The summed E-state index contributed by atoms with van der Waals surface area (Å²) in [5.41, 5.74) is 0.924. The summed E-state index contributed by atoms with van der Waals surface area (Å²) in [5.74, 6) is 0.229. The van der Waals surface area contributed by atoms with Gasteiger partial charge in [0.25, 0.3) is 0 Å². The average Bonchev–Trinajstić information content (AvgIpc) is 2.18. The first-order chi connectivity index (χ1) is 6.75. The van der Waals surface area contributed by atoms with E-state index in [0.29, 0.717) is 5.02 Å². The highest BCUT2D eigenvalue weighted by Crippen LogP contribution is 2.11. The van der Waals surface area contributed by atoms with Crippen LogP contribution in [-0.4, -0.2) is 5.11 Å². The maximum atomic E-state index is 9.29. The molecule has 0 aliphatic heterocycles. The lowest BCUT2D eigenvalue weighted by molar-refractivity contribution is -0.596. The Morgan fingerprint density at radius 3 is 2.71 bits per heavy atom. The number of pyridine rings is 1. The van der Waals surface area contributed by atoms with Crippen LogP contribution in [0.4, 0.5) is 0 Å². The van der Waals surface area contributed by atoms with Crippen molar-refractivity contribution in [2.45, 2.75) is 0 Å². The standard InChI is InChI=1S/C11H8ClNO/c12-9-3-1-4-10(7-9)13-6-2-5-11(14)8-13/h1-8H/p+1. The lowest BCUT2D eigenvalue weighted by Crippen LogP contribution is -2.28. The van der Waals surface area contributed by atoms with Crippen LogP contribution < -0.4 is 4.57 Å². The highest BCUT2D eigenvalue weighted by atomic mass is 35.5. The Balaban J connectivity index is 2.49. The van der Waals surface area contributed by atoms with Gasteiger partial charge in [-0.15, -0.1) is 0 Å². The van der Waals surface area contributed by atoms with Crippen molar-refractivity contribution >= 4 is 11.6 Å². The normalized spacial score (nSPS) is 10.1. The van der Waals surface area contributed by atoms with Gasteiger partial charge in [0, 0.05) is 23.2 Å². The fourth-order valence-electron chi connectivity index (χ4n) is 1.26. The Bertz CT molecular complexity index is 413. The van der Waals surface area contributed by atoms with Gasteiger partial charge in [0.1, 0.15) is 0 Å². The zero-order valence-corrected chi connectivity index (χ0v) is 8.15. The van der Waals surface area contributed by atoms with E-state index >= 15 is 0 Å². The Kier molecular flexibility index (Phi) is 2.37. The summed E-state index contributed by atoms with van der Waals surface area (Å²) >= 11 is 5.86. The van der Waals surface area contributed by atoms with Gasteiger partial charge < -0.3 is 5.11 Å². The van der Waals surface area contributed by atoms with Crippen LogP contribution in [0, 0.1) is 0 Å². The lowest BCUT2D eigenvalue weighted by Gasteiger charge is -1.96. The third kappa shape index (κ3) is 1.86. The highest BCUT2D eigenvalue weighted by Gasteiger charge is 2.05. The first-order valence-electron chi connectivity index (χ1n) is 4.22. The third-order valence-corrected chi connectivity index (χ3v) is 2.13. The molecule has 0 spiro atoms. The van der Waals surface area contributed by atoms with Crippen molar-refractivity contribution in [1.82, 2.24) is 0 Å². The molecular weight excluding hydrogens is 198 g/mol. The molecule has 0 fully saturated rings. The predicted molar refractivity (Wildman–Crippen MR) is 54.6 cm³/mol. The van der Waals surface area contributed by atoms with Crippen LogP contribution in [0.1, 0.15) is 0 Å². The van der Waals surface area contributed by atoms with Crippen molar-refractivity contribution in [3.05, 3.63) is 53.8 Å². The largest absolute Gasteiger partial charge is 0.503 e. The molecule has 0 aliphatic carbocycles. The number of hydrogen-bond acceptors (Lipinski definition) is 1. The SMILES string of the molecule is Oc1ccc[n+](-c2cccc(Cl)c2)c1. The second-order valence-electron chi connectivity index (χ2n) is 2.95. The maximum Gasteiger partial charge on any atom is 0.216 e. The molecular formula is C11H9ClNO+. The summed E-state index contributed by atoms with van der Waals surface area (Å²) < 4.78 is 1.81. The van der Waals surface area contributed by atoms with Crippen molar-refractivity contribution in [2.24, 2.45) is 0 Å². The quantitative estimate of drug-likeness (QED) is 0.712. The molecule has 1 N–H and O–H groups in total. The topological polar surface area (TPSA) is 24.1 Å². The van der Waals surface area contributed by atoms with E-state index in [2.05, 4.69) is 0 Å². The lowest BCUT2D eigenvalue weighted by atomic mass is 10.3. The summed E-state index contributed by atoms with van der Waals surface area (Å²) in [7, 11) is 0. The van der Waals surface area contributed by atoms with Crippen LogP contribution in [0.2, 0.25) is 5.02 Å². The molecule has 2 rings (SSSR count). The molecule has 0 radical (unpaired) electrons. The Morgan fingerprint density at radius 2 is 2.00 bits per heavy atom. The number of benzene rings is 1. The Labute approximate surface area is 87.0 Å². The van der Waals surface area contributed by atoms with Gasteiger partial charge in [-0.1, -0.05) is 17.7 Å². The molecule has 14 heavy (non-hydrogen) atoms. The molecule has 1 heterocycles. The van der Waals surface area contributed by atoms with E-state index < -0.39 is 0 Å². The minimum absolute atomic E-state index is 0.229. The van der Waals surface area contributed by atoms with Crippen LogP contribution in [0.25, 0.3) is 5.69 Å². The fourth-order valence-corrected chi connectivity index (χ4v) is 1.44. The first-order valence-corrected chi connectivity index (χ1v) is 4.60.